The Morgan fingerprint density at radius 2 is 2.12 bits per heavy atom. The number of carboxylic acid groups (broad SMARTS) is 1. The third-order valence-corrected chi connectivity index (χ3v) is 6.40. The van der Waals surface area contributed by atoms with Gasteiger partial charge in [0.15, 0.2) is 0 Å². The van der Waals surface area contributed by atoms with Gasteiger partial charge in [0.1, 0.15) is 11.4 Å². The molecule has 0 radical (unpaired) electrons. The van der Waals surface area contributed by atoms with Gasteiger partial charge in [-0.05, 0) is 86.0 Å². The zero-order valence-corrected chi connectivity index (χ0v) is 18.9. The molecule has 1 aromatic carbocycles. The zero-order chi connectivity index (χ0) is 23.0. The Morgan fingerprint density at radius 3 is 2.91 bits per heavy atom. The van der Waals surface area contributed by atoms with Gasteiger partial charge in [0, 0.05) is 24.3 Å². The number of piperidine rings is 1. The molecule has 4 rings (SSSR count). The molecule has 2 aromatic heterocycles. The molecule has 3 heterocycles. The molecule has 0 amide bonds. The average Bonchev–Trinajstić information content (AvgIpc) is 2.85. The third-order valence-electron chi connectivity index (χ3n) is 6.40. The Labute approximate surface area is 194 Å². The summed E-state index contributed by atoms with van der Waals surface area (Å²) in [6, 6.07) is 13.6. The molecule has 0 aliphatic carbocycles. The lowest BCUT2D eigenvalue weighted by Crippen LogP contribution is -2.44. The SMILES string of the molecule is COc1ccc2nccc(CCC[C@@H]3CCN(CC#Cc4ccccn4)C[C@@H]3C(=O)O)c2c1. The van der Waals surface area contributed by atoms with Gasteiger partial charge in [0.05, 0.1) is 25.1 Å². The minimum absolute atomic E-state index is 0.185. The van der Waals surface area contributed by atoms with Crippen LogP contribution in [0.5, 0.6) is 5.75 Å². The number of carboxylic acids is 1. The van der Waals surface area contributed by atoms with Crippen LogP contribution in [0.2, 0.25) is 0 Å². The lowest BCUT2D eigenvalue weighted by atomic mass is 9.81. The highest BCUT2D eigenvalue weighted by Crippen LogP contribution is 2.30. The summed E-state index contributed by atoms with van der Waals surface area (Å²) in [5.41, 5.74) is 2.92. The van der Waals surface area contributed by atoms with Crippen molar-refractivity contribution in [2.45, 2.75) is 25.7 Å². The number of benzene rings is 1. The summed E-state index contributed by atoms with van der Waals surface area (Å²) >= 11 is 0. The van der Waals surface area contributed by atoms with Crippen molar-refractivity contribution in [3.8, 4) is 17.6 Å². The van der Waals surface area contributed by atoms with E-state index >= 15 is 0 Å². The number of aromatic nitrogens is 2. The fraction of sp³-hybridized carbons (Fsp3) is 0.370. The molecular formula is C27H29N3O3. The summed E-state index contributed by atoms with van der Waals surface area (Å²) in [7, 11) is 1.67. The highest BCUT2D eigenvalue weighted by molar-refractivity contribution is 5.83. The van der Waals surface area contributed by atoms with Gasteiger partial charge in [-0.3, -0.25) is 14.7 Å². The van der Waals surface area contributed by atoms with Crippen molar-refractivity contribution in [1.82, 2.24) is 14.9 Å². The summed E-state index contributed by atoms with van der Waals surface area (Å²) in [5.74, 6) is 6.14. The molecule has 0 bridgehead atoms. The van der Waals surface area contributed by atoms with Crippen molar-refractivity contribution >= 4 is 16.9 Å². The monoisotopic (exact) mass is 443 g/mol. The van der Waals surface area contributed by atoms with Crippen LogP contribution < -0.4 is 4.74 Å². The van der Waals surface area contributed by atoms with E-state index in [2.05, 4.69) is 32.8 Å². The maximum atomic E-state index is 12.0. The number of hydrogen-bond donors (Lipinski definition) is 1. The van der Waals surface area contributed by atoms with E-state index in [0.29, 0.717) is 13.1 Å². The van der Waals surface area contributed by atoms with Crippen LogP contribution in [0.1, 0.15) is 30.5 Å². The molecule has 2 atom stereocenters. The predicted molar refractivity (Wildman–Crippen MR) is 128 cm³/mol. The molecule has 1 saturated heterocycles. The highest BCUT2D eigenvalue weighted by Gasteiger charge is 2.33. The fourth-order valence-electron chi connectivity index (χ4n) is 4.60. The van der Waals surface area contributed by atoms with E-state index in [1.807, 2.05) is 42.6 Å². The number of hydrogen-bond acceptors (Lipinski definition) is 5. The standard InChI is InChI=1S/C27H29N3O3/c1-33-23-10-11-26-24(18-23)20(12-15-29-26)6-4-7-21-13-17-30(19-25(21)27(31)32)16-5-9-22-8-2-3-14-28-22/h2-3,8,10-12,14-15,18,21,25H,4,6-7,13,16-17,19H2,1H3,(H,31,32)/t21-,25+/m1/s1. The first-order valence-electron chi connectivity index (χ1n) is 11.4. The second-order valence-electron chi connectivity index (χ2n) is 8.49. The number of aryl methyl sites for hydroxylation is 1. The number of fused-ring (bicyclic) bond motifs is 1. The van der Waals surface area contributed by atoms with Crippen LogP contribution >= 0.6 is 0 Å². The molecule has 6 heteroatoms. The van der Waals surface area contributed by atoms with Gasteiger partial charge in [-0.1, -0.05) is 12.0 Å². The van der Waals surface area contributed by atoms with Gasteiger partial charge in [-0.2, -0.15) is 0 Å². The fourth-order valence-corrected chi connectivity index (χ4v) is 4.60. The van der Waals surface area contributed by atoms with Crippen molar-refractivity contribution in [3.05, 3.63) is 66.1 Å². The molecule has 0 spiro atoms. The number of nitrogens with zero attached hydrogens (tertiary/aromatic N) is 3. The van der Waals surface area contributed by atoms with Gasteiger partial charge in [0.25, 0.3) is 0 Å². The number of ether oxygens (including phenoxy) is 1. The van der Waals surface area contributed by atoms with Crippen LogP contribution in [-0.4, -0.2) is 52.7 Å². The molecule has 0 unspecified atom stereocenters. The van der Waals surface area contributed by atoms with Crippen molar-refractivity contribution in [2.75, 3.05) is 26.7 Å². The molecule has 1 aliphatic rings. The van der Waals surface area contributed by atoms with Crippen LogP contribution in [0.4, 0.5) is 0 Å². The quantitative estimate of drug-likeness (QED) is 0.556. The molecular weight excluding hydrogens is 414 g/mol. The number of methoxy groups -OCH3 is 1. The number of carbonyl (C=O) groups is 1. The summed E-state index contributed by atoms with van der Waals surface area (Å²) in [6.45, 7) is 1.99. The average molecular weight is 444 g/mol. The maximum absolute atomic E-state index is 12.0. The Morgan fingerprint density at radius 1 is 1.21 bits per heavy atom. The molecule has 170 valence electrons. The minimum Gasteiger partial charge on any atom is -0.497 e. The highest BCUT2D eigenvalue weighted by atomic mass is 16.5. The number of likely N-dealkylation sites (tertiary alicyclic amines) is 1. The number of aliphatic carboxylic acids is 1. The van der Waals surface area contributed by atoms with E-state index in [1.165, 1.54) is 5.56 Å². The zero-order valence-electron chi connectivity index (χ0n) is 18.9. The van der Waals surface area contributed by atoms with E-state index in [1.54, 1.807) is 13.3 Å². The Hall–Kier alpha value is -3.43. The first-order valence-corrected chi connectivity index (χ1v) is 11.4. The summed E-state index contributed by atoms with van der Waals surface area (Å²) < 4.78 is 5.37. The summed E-state index contributed by atoms with van der Waals surface area (Å²) in [4.78, 5) is 22.8. The number of pyridine rings is 2. The Kier molecular flexibility index (Phi) is 7.54. The van der Waals surface area contributed by atoms with Crippen LogP contribution in [-0.2, 0) is 11.2 Å². The first-order chi connectivity index (χ1) is 16.1. The molecule has 0 saturated carbocycles. The van der Waals surface area contributed by atoms with E-state index < -0.39 is 5.97 Å². The van der Waals surface area contributed by atoms with Crippen molar-refractivity contribution in [3.63, 3.8) is 0 Å². The molecule has 33 heavy (non-hydrogen) atoms. The van der Waals surface area contributed by atoms with Crippen LogP contribution in [0.25, 0.3) is 10.9 Å². The Bertz CT molecular complexity index is 1150. The van der Waals surface area contributed by atoms with Crippen molar-refractivity contribution < 1.29 is 14.6 Å². The normalized spacial score (nSPS) is 18.5. The molecule has 6 nitrogen and oxygen atoms in total. The van der Waals surface area contributed by atoms with Gasteiger partial charge in [-0.15, -0.1) is 0 Å². The lowest BCUT2D eigenvalue weighted by Gasteiger charge is -2.35. The molecule has 3 aromatic rings. The first kappa shape index (κ1) is 22.8. The van der Waals surface area contributed by atoms with E-state index in [9.17, 15) is 9.90 Å². The van der Waals surface area contributed by atoms with Crippen LogP contribution in [0, 0.1) is 23.7 Å². The van der Waals surface area contributed by atoms with Gasteiger partial charge < -0.3 is 9.84 Å². The van der Waals surface area contributed by atoms with Crippen LogP contribution in [0.15, 0.2) is 54.9 Å². The Balaban J connectivity index is 1.34. The largest absolute Gasteiger partial charge is 0.497 e. The van der Waals surface area contributed by atoms with Crippen molar-refractivity contribution in [2.24, 2.45) is 11.8 Å². The van der Waals surface area contributed by atoms with Gasteiger partial charge >= 0.3 is 5.97 Å². The number of rotatable bonds is 7. The maximum Gasteiger partial charge on any atom is 0.308 e. The topological polar surface area (TPSA) is 75.5 Å². The van der Waals surface area contributed by atoms with Gasteiger partial charge in [-0.25, -0.2) is 4.98 Å². The lowest BCUT2D eigenvalue weighted by molar-refractivity contribution is -0.146. The molecule has 1 N–H and O–H groups in total. The molecule has 1 fully saturated rings. The van der Waals surface area contributed by atoms with E-state index in [0.717, 1.165) is 54.6 Å². The van der Waals surface area contributed by atoms with Gasteiger partial charge in [0.2, 0.25) is 0 Å². The second kappa shape index (κ2) is 10.9. The predicted octanol–water partition coefficient (Wildman–Crippen LogP) is 4.04. The third kappa shape index (κ3) is 5.88. The summed E-state index contributed by atoms with van der Waals surface area (Å²) in [6.07, 6.45) is 7.19. The summed E-state index contributed by atoms with van der Waals surface area (Å²) in [5, 5.41) is 11.0. The van der Waals surface area contributed by atoms with E-state index in [-0.39, 0.29) is 11.8 Å². The minimum atomic E-state index is -0.707. The smallest absolute Gasteiger partial charge is 0.308 e. The van der Waals surface area contributed by atoms with Crippen molar-refractivity contribution in [1.29, 1.82) is 0 Å². The molecule has 1 aliphatic heterocycles. The van der Waals surface area contributed by atoms with E-state index in [4.69, 9.17) is 4.74 Å². The van der Waals surface area contributed by atoms with Crippen LogP contribution in [0.3, 0.4) is 0 Å². The second-order valence-corrected chi connectivity index (χ2v) is 8.49.